The Morgan fingerprint density at radius 1 is 1.25 bits per heavy atom. The average Bonchev–Trinajstić information content (AvgIpc) is 2.11. The highest BCUT2D eigenvalue weighted by Crippen LogP contribution is 2.08. The van der Waals surface area contributed by atoms with Gasteiger partial charge in [0.25, 0.3) is 10.1 Å². The molecule has 1 atom stereocenters. The average molecular weight is 261 g/mol. The standard InChI is InChI=1S/C7H14F2O3S.C2H7N/c8-5-3-1-2-4-7(9)6-13(10,11)12;1-3-2/h7H,1-6H2,(H,10,11,12);3H,1-2H3. The van der Waals surface area contributed by atoms with Crippen LogP contribution in [0.15, 0.2) is 0 Å². The van der Waals surface area contributed by atoms with Crippen LogP contribution in [0.5, 0.6) is 0 Å². The van der Waals surface area contributed by atoms with Crippen molar-refractivity contribution in [3.05, 3.63) is 0 Å². The molecular formula is C9H21F2NO3S. The molecule has 0 bridgehead atoms. The molecule has 0 rings (SSSR count). The SMILES string of the molecule is CNC.O=S(=O)(O)CC(F)CCCCCF. The predicted octanol–water partition coefficient (Wildman–Crippen LogP) is 1.58. The Balaban J connectivity index is 0. The summed E-state index contributed by atoms with van der Waals surface area (Å²) in [5.74, 6) is -0.859. The van der Waals surface area contributed by atoms with E-state index in [1.807, 2.05) is 14.1 Å². The smallest absolute Gasteiger partial charge is 0.267 e. The number of rotatable bonds is 7. The van der Waals surface area contributed by atoms with E-state index in [2.05, 4.69) is 5.32 Å². The van der Waals surface area contributed by atoms with E-state index >= 15 is 0 Å². The van der Waals surface area contributed by atoms with Gasteiger partial charge in [0.15, 0.2) is 0 Å². The van der Waals surface area contributed by atoms with Crippen molar-refractivity contribution < 1.29 is 21.8 Å². The third-order valence-electron chi connectivity index (χ3n) is 1.54. The first-order valence-corrected chi connectivity index (χ1v) is 6.72. The van der Waals surface area contributed by atoms with E-state index in [0.29, 0.717) is 19.3 Å². The van der Waals surface area contributed by atoms with Gasteiger partial charge in [0, 0.05) is 0 Å². The Morgan fingerprint density at radius 3 is 2.12 bits per heavy atom. The van der Waals surface area contributed by atoms with Gasteiger partial charge in [-0.1, -0.05) is 12.8 Å². The van der Waals surface area contributed by atoms with Gasteiger partial charge >= 0.3 is 0 Å². The number of hydrogen-bond donors (Lipinski definition) is 2. The number of unbranched alkanes of at least 4 members (excludes halogenated alkanes) is 2. The molecule has 100 valence electrons. The molecule has 0 aromatic rings. The highest BCUT2D eigenvalue weighted by atomic mass is 32.2. The van der Waals surface area contributed by atoms with Crippen LogP contribution in [-0.4, -0.2) is 45.7 Å². The van der Waals surface area contributed by atoms with Gasteiger partial charge < -0.3 is 5.32 Å². The molecule has 1 unspecified atom stereocenters. The van der Waals surface area contributed by atoms with Crippen LogP contribution < -0.4 is 5.32 Å². The summed E-state index contributed by atoms with van der Waals surface area (Å²) in [6, 6.07) is 0. The van der Waals surface area contributed by atoms with Crippen LogP contribution in [0.3, 0.4) is 0 Å². The van der Waals surface area contributed by atoms with Crippen LogP contribution in [0.2, 0.25) is 0 Å². The van der Waals surface area contributed by atoms with Crippen LogP contribution in [0.1, 0.15) is 25.7 Å². The maximum atomic E-state index is 12.7. The third kappa shape index (κ3) is 19.3. The van der Waals surface area contributed by atoms with Gasteiger partial charge in [-0.25, -0.2) is 4.39 Å². The zero-order valence-electron chi connectivity index (χ0n) is 9.75. The minimum Gasteiger partial charge on any atom is -0.323 e. The van der Waals surface area contributed by atoms with Gasteiger partial charge in [0.1, 0.15) is 11.9 Å². The number of halogens is 2. The highest BCUT2D eigenvalue weighted by Gasteiger charge is 2.14. The first-order chi connectivity index (χ1) is 7.37. The van der Waals surface area contributed by atoms with Crippen molar-refractivity contribution in [1.82, 2.24) is 5.32 Å². The van der Waals surface area contributed by atoms with Crippen molar-refractivity contribution in [3.63, 3.8) is 0 Å². The van der Waals surface area contributed by atoms with E-state index in [9.17, 15) is 17.2 Å². The fraction of sp³-hybridized carbons (Fsp3) is 1.00. The van der Waals surface area contributed by atoms with E-state index in [-0.39, 0.29) is 6.42 Å². The second-order valence-electron chi connectivity index (χ2n) is 3.38. The first kappa shape index (κ1) is 18.1. The van der Waals surface area contributed by atoms with Gasteiger partial charge in [-0.2, -0.15) is 8.42 Å². The lowest BCUT2D eigenvalue weighted by atomic mass is 10.1. The van der Waals surface area contributed by atoms with E-state index < -0.39 is 28.7 Å². The fourth-order valence-electron chi connectivity index (χ4n) is 0.949. The molecule has 0 aliphatic rings. The molecule has 0 aliphatic carbocycles. The van der Waals surface area contributed by atoms with Gasteiger partial charge in [0.05, 0.1) is 6.67 Å². The van der Waals surface area contributed by atoms with Crippen molar-refractivity contribution in [1.29, 1.82) is 0 Å². The Hall–Kier alpha value is -0.270. The highest BCUT2D eigenvalue weighted by molar-refractivity contribution is 7.85. The lowest BCUT2D eigenvalue weighted by Crippen LogP contribution is -2.16. The third-order valence-corrected chi connectivity index (χ3v) is 2.33. The van der Waals surface area contributed by atoms with Crippen LogP contribution in [0.4, 0.5) is 8.78 Å². The van der Waals surface area contributed by atoms with E-state index in [1.54, 1.807) is 0 Å². The van der Waals surface area contributed by atoms with Crippen molar-refractivity contribution in [2.45, 2.75) is 31.9 Å². The van der Waals surface area contributed by atoms with Crippen molar-refractivity contribution in [2.75, 3.05) is 26.5 Å². The molecule has 0 spiro atoms. The van der Waals surface area contributed by atoms with Gasteiger partial charge in [0.2, 0.25) is 0 Å². The Bertz CT molecular complexity index is 235. The fourth-order valence-corrected chi connectivity index (χ4v) is 1.57. The van der Waals surface area contributed by atoms with Gasteiger partial charge in [-0.05, 0) is 26.9 Å². The summed E-state index contributed by atoms with van der Waals surface area (Å²) < 4.78 is 52.9. The summed E-state index contributed by atoms with van der Waals surface area (Å²) in [6.45, 7) is -0.435. The van der Waals surface area contributed by atoms with E-state index in [1.165, 1.54) is 0 Å². The van der Waals surface area contributed by atoms with Crippen LogP contribution >= 0.6 is 0 Å². The molecule has 0 heterocycles. The van der Waals surface area contributed by atoms with E-state index in [4.69, 9.17) is 4.55 Å². The summed E-state index contributed by atoms with van der Waals surface area (Å²) in [4.78, 5) is 0. The normalized spacial score (nSPS) is 12.8. The molecule has 7 heteroatoms. The lowest BCUT2D eigenvalue weighted by Gasteiger charge is -2.04. The largest absolute Gasteiger partial charge is 0.323 e. The summed E-state index contributed by atoms with van der Waals surface area (Å²) in [5.41, 5.74) is 0. The van der Waals surface area contributed by atoms with Gasteiger partial charge in [-0.3, -0.25) is 8.94 Å². The monoisotopic (exact) mass is 261 g/mol. The summed E-state index contributed by atoms with van der Waals surface area (Å²) in [7, 11) is -0.465. The van der Waals surface area contributed by atoms with Crippen LogP contribution in [-0.2, 0) is 10.1 Å². The minimum atomic E-state index is -4.22. The molecule has 0 radical (unpaired) electrons. The molecule has 0 amide bonds. The summed E-state index contributed by atoms with van der Waals surface area (Å²) in [5, 5.41) is 2.75. The van der Waals surface area contributed by atoms with Crippen LogP contribution in [0.25, 0.3) is 0 Å². The zero-order valence-corrected chi connectivity index (χ0v) is 10.6. The lowest BCUT2D eigenvalue weighted by molar-refractivity contribution is 0.321. The second kappa shape index (κ2) is 11.2. The van der Waals surface area contributed by atoms with E-state index in [0.717, 1.165) is 0 Å². The van der Waals surface area contributed by atoms with Crippen LogP contribution in [0, 0.1) is 0 Å². The predicted molar refractivity (Wildman–Crippen MR) is 60.7 cm³/mol. The zero-order chi connectivity index (χ0) is 13.0. The van der Waals surface area contributed by atoms with Crippen molar-refractivity contribution in [2.24, 2.45) is 0 Å². The Morgan fingerprint density at radius 2 is 1.75 bits per heavy atom. The summed E-state index contributed by atoms with van der Waals surface area (Å²) in [6.07, 6.45) is -0.129. The molecule has 2 N–H and O–H groups in total. The molecule has 4 nitrogen and oxygen atoms in total. The number of hydrogen-bond acceptors (Lipinski definition) is 3. The van der Waals surface area contributed by atoms with Gasteiger partial charge in [-0.15, -0.1) is 0 Å². The quantitative estimate of drug-likeness (QED) is 0.539. The maximum absolute atomic E-state index is 12.7. The maximum Gasteiger partial charge on any atom is 0.267 e. The van der Waals surface area contributed by atoms with Crippen molar-refractivity contribution in [3.8, 4) is 0 Å². The molecule has 0 aromatic carbocycles. The molecule has 0 aromatic heterocycles. The minimum absolute atomic E-state index is 0.0553. The first-order valence-electron chi connectivity index (χ1n) is 5.11. The molecule has 16 heavy (non-hydrogen) atoms. The topological polar surface area (TPSA) is 66.4 Å². The molecule has 0 saturated heterocycles. The Kier molecular flexibility index (Phi) is 12.7. The summed E-state index contributed by atoms with van der Waals surface area (Å²) >= 11 is 0. The molecule has 0 saturated carbocycles. The number of alkyl halides is 2. The number of nitrogens with one attached hydrogen (secondary N) is 1. The molecule has 0 aliphatic heterocycles. The second-order valence-corrected chi connectivity index (χ2v) is 4.88. The Labute approximate surface area is 96.2 Å². The molecular weight excluding hydrogens is 240 g/mol. The molecule has 0 fully saturated rings. The van der Waals surface area contributed by atoms with Crippen molar-refractivity contribution >= 4 is 10.1 Å².